The molecule has 13 heteroatoms. The number of nitrogens with zero attached hydrogens (tertiary/aromatic N) is 1. The number of carbonyl (C=O) groups excluding carboxylic acids is 1. The van der Waals surface area contributed by atoms with E-state index in [0.717, 1.165) is 23.8 Å². The van der Waals surface area contributed by atoms with Gasteiger partial charge >= 0.3 is 12.2 Å². The predicted molar refractivity (Wildman–Crippen MR) is 119 cm³/mol. The van der Waals surface area contributed by atoms with E-state index in [1.54, 1.807) is 6.07 Å². The largest absolute Gasteiger partial charge is 0.417 e. The van der Waals surface area contributed by atoms with Crippen molar-refractivity contribution in [1.29, 1.82) is 0 Å². The van der Waals surface area contributed by atoms with Crippen LogP contribution in [0.15, 0.2) is 57.2 Å². The van der Waals surface area contributed by atoms with Crippen molar-refractivity contribution in [2.45, 2.75) is 47.0 Å². The molecule has 188 valence electrons. The molecule has 0 unspecified atom stereocenters. The van der Waals surface area contributed by atoms with Crippen LogP contribution in [0.4, 0.5) is 18.0 Å². The molecule has 0 radical (unpaired) electrons. The molecule has 2 amide bonds. The summed E-state index contributed by atoms with van der Waals surface area (Å²) in [6.45, 7) is 2.07. The van der Waals surface area contributed by atoms with Crippen LogP contribution in [0.5, 0.6) is 0 Å². The number of unbranched alkanes of at least 4 members (excludes halogenated alkanes) is 1. The lowest BCUT2D eigenvalue weighted by Crippen LogP contribution is -2.39. The van der Waals surface area contributed by atoms with Crippen molar-refractivity contribution >= 4 is 25.9 Å². The number of likely N-dealkylation sites (N-methyl/N-ethyl adjacent to an activating group) is 1. The number of carbonyl (C=O) groups is 1. The standard InChI is InChI=1S/C21H26F3N3O5S2/c1-3-4-11-26-20(28)27(2)12-10-15-13-17(33(29,30)16-8-6-5-7-9-16)14-18(34(25,31)32)19(15)21(22,23)24/h5-9,13-14H,3-4,10-12H2,1-2H3,(H,26,28)(H2,25,31,32). The van der Waals surface area contributed by atoms with Gasteiger partial charge in [0.25, 0.3) is 0 Å². The molecule has 0 saturated carbocycles. The zero-order valence-electron chi connectivity index (χ0n) is 18.6. The number of nitrogens with two attached hydrogens (primary N) is 1. The number of halogens is 3. The molecule has 2 aromatic rings. The molecule has 0 aliphatic carbocycles. The van der Waals surface area contributed by atoms with E-state index in [9.17, 15) is 34.8 Å². The molecule has 0 fully saturated rings. The Balaban J connectivity index is 2.59. The third-order valence-electron chi connectivity index (χ3n) is 4.98. The maximum atomic E-state index is 13.9. The Bertz CT molecular complexity index is 1230. The SMILES string of the molecule is CCCCNC(=O)N(C)CCc1cc(S(=O)(=O)c2ccccc2)cc(S(N)(=O)=O)c1C(F)(F)F. The topological polar surface area (TPSA) is 127 Å². The molecule has 3 N–H and O–H groups in total. The quantitative estimate of drug-likeness (QED) is 0.490. The number of rotatable bonds is 9. The van der Waals surface area contributed by atoms with Crippen molar-refractivity contribution in [2.75, 3.05) is 20.1 Å². The Labute approximate surface area is 196 Å². The first kappa shape index (κ1) is 27.6. The summed E-state index contributed by atoms with van der Waals surface area (Å²) in [5.41, 5.74) is -2.16. The van der Waals surface area contributed by atoms with E-state index in [1.807, 2.05) is 6.92 Å². The van der Waals surface area contributed by atoms with Gasteiger partial charge in [0.05, 0.1) is 20.2 Å². The monoisotopic (exact) mass is 521 g/mol. The fraction of sp³-hybridized carbons (Fsp3) is 0.381. The van der Waals surface area contributed by atoms with E-state index in [1.165, 1.54) is 31.3 Å². The van der Waals surface area contributed by atoms with Gasteiger partial charge in [0.15, 0.2) is 0 Å². The van der Waals surface area contributed by atoms with Gasteiger partial charge in [-0.3, -0.25) is 0 Å². The van der Waals surface area contributed by atoms with Crippen LogP contribution in [-0.4, -0.2) is 47.9 Å². The van der Waals surface area contributed by atoms with Crippen molar-refractivity contribution in [1.82, 2.24) is 10.2 Å². The van der Waals surface area contributed by atoms with Crippen LogP contribution >= 0.6 is 0 Å². The summed E-state index contributed by atoms with van der Waals surface area (Å²) in [7, 11) is -7.95. The summed E-state index contributed by atoms with van der Waals surface area (Å²) in [4.78, 5) is 11.0. The van der Waals surface area contributed by atoms with E-state index in [-0.39, 0.29) is 11.4 Å². The second-order valence-electron chi connectivity index (χ2n) is 7.57. The third kappa shape index (κ3) is 6.70. The van der Waals surface area contributed by atoms with Gasteiger partial charge in [0.2, 0.25) is 19.9 Å². The molecule has 0 aliphatic rings. The van der Waals surface area contributed by atoms with E-state index in [4.69, 9.17) is 5.14 Å². The number of sulfone groups is 1. The van der Waals surface area contributed by atoms with Crippen molar-refractivity contribution in [3.63, 3.8) is 0 Å². The van der Waals surface area contributed by atoms with Crippen LogP contribution in [0, 0.1) is 0 Å². The summed E-state index contributed by atoms with van der Waals surface area (Å²) < 4.78 is 91.9. The second-order valence-corrected chi connectivity index (χ2v) is 11.1. The normalized spacial score (nSPS) is 12.4. The molecule has 2 aromatic carbocycles. The van der Waals surface area contributed by atoms with Crippen LogP contribution < -0.4 is 10.5 Å². The Morgan fingerprint density at radius 3 is 2.21 bits per heavy atom. The first-order valence-corrected chi connectivity index (χ1v) is 13.3. The lowest BCUT2D eigenvalue weighted by Gasteiger charge is -2.21. The lowest BCUT2D eigenvalue weighted by molar-refractivity contribution is -0.140. The molecule has 8 nitrogen and oxygen atoms in total. The number of sulfonamides is 1. The Kier molecular flexibility index (Phi) is 8.72. The zero-order chi connectivity index (χ0) is 25.7. The number of nitrogens with one attached hydrogen (secondary N) is 1. The molecule has 0 aliphatic heterocycles. The van der Waals surface area contributed by atoms with E-state index >= 15 is 0 Å². The Hall–Kier alpha value is -2.64. The number of amides is 2. The summed E-state index contributed by atoms with van der Waals surface area (Å²) in [6.07, 6.45) is -4.06. The number of primary sulfonamides is 1. The minimum atomic E-state index is -5.14. The van der Waals surface area contributed by atoms with E-state index in [2.05, 4.69) is 5.32 Å². The summed E-state index contributed by atoms with van der Waals surface area (Å²) in [5.74, 6) is 0. The number of benzene rings is 2. The van der Waals surface area contributed by atoms with Gasteiger partial charge in [-0.2, -0.15) is 13.2 Å². The zero-order valence-corrected chi connectivity index (χ0v) is 20.2. The minimum Gasteiger partial charge on any atom is -0.338 e. The van der Waals surface area contributed by atoms with Crippen molar-refractivity contribution in [3.8, 4) is 0 Å². The molecule has 2 rings (SSSR count). The highest BCUT2D eigenvalue weighted by molar-refractivity contribution is 7.91. The maximum Gasteiger partial charge on any atom is 0.417 e. The number of urea groups is 1. The van der Waals surface area contributed by atoms with Crippen molar-refractivity contribution < 1.29 is 34.8 Å². The molecular weight excluding hydrogens is 495 g/mol. The van der Waals surface area contributed by atoms with Crippen LogP contribution in [0.2, 0.25) is 0 Å². The summed E-state index contributed by atoms with van der Waals surface area (Å²) in [5, 5.41) is 7.66. The van der Waals surface area contributed by atoms with Crippen molar-refractivity contribution in [2.24, 2.45) is 5.14 Å². The van der Waals surface area contributed by atoms with Crippen molar-refractivity contribution in [3.05, 3.63) is 53.6 Å². The minimum absolute atomic E-state index is 0.228. The molecule has 0 atom stereocenters. The van der Waals surface area contributed by atoms with Gasteiger partial charge in [-0.15, -0.1) is 0 Å². The Morgan fingerprint density at radius 2 is 1.68 bits per heavy atom. The highest BCUT2D eigenvalue weighted by atomic mass is 32.2. The Morgan fingerprint density at radius 1 is 1.06 bits per heavy atom. The van der Waals surface area contributed by atoms with Crippen LogP contribution in [0.25, 0.3) is 0 Å². The fourth-order valence-corrected chi connectivity index (χ4v) is 5.43. The third-order valence-corrected chi connectivity index (χ3v) is 7.67. The predicted octanol–water partition coefficient (Wildman–Crippen LogP) is 3.17. The first-order chi connectivity index (χ1) is 15.7. The van der Waals surface area contributed by atoms with Crippen LogP contribution in [-0.2, 0) is 32.5 Å². The summed E-state index contributed by atoms with van der Waals surface area (Å²) in [6, 6.07) is 7.54. The molecular formula is C21H26F3N3O5S2. The van der Waals surface area contributed by atoms with E-state index in [0.29, 0.717) is 12.6 Å². The molecule has 0 saturated heterocycles. The second kappa shape index (κ2) is 10.7. The number of alkyl halides is 3. The van der Waals surface area contributed by atoms with Gasteiger partial charge < -0.3 is 10.2 Å². The number of hydrogen-bond acceptors (Lipinski definition) is 5. The van der Waals surface area contributed by atoms with Gasteiger partial charge in [-0.25, -0.2) is 26.8 Å². The fourth-order valence-electron chi connectivity index (χ4n) is 3.18. The molecule has 0 aromatic heterocycles. The molecule has 0 heterocycles. The summed E-state index contributed by atoms with van der Waals surface area (Å²) >= 11 is 0. The van der Waals surface area contributed by atoms with Gasteiger partial charge in [-0.1, -0.05) is 31.5 Å². The van der Waals surface area contributed by atoms with Crippen LogP contribution in [0.1, 0.15) is 30.9 Å². The molecule has 34 heavy (non-hydrogen) atoms. The highest BCUT2D eigenvalue weighted by Crippen LogP contribution is 2.39. The number of hydrogen-bond donors (Lipinski definition) is 2. The van der Waals surface area contributed by atoms with Crippen LogP contribution in [0.3, 0.4) is 0 Å². The highest BCUT2D eigenvalue weighted by Gasteiger charge is 2.40. The average Bonchev–Trinajstić information content (AvgIpc) is 2.76. The first-order valence-electron chi connectivity index (χ1n) is 10.3. The van der Waals surface area contributed by atoms with E-state index < -0.39 is 59.4 Å². The maximum absolute atomic E-state index is 13.9. The molecule has 0 bridgehead atoms. The average molecular weight is 522 g/mol. The van der Waals surface area contributed by atoms with Gasteiger partial charge in [0, 0.05) is 20.1 Å². The molecule has 0 spiro atoms. The smallest absolute Gasteiger partial charge is 0.338 e. The van der Waals surface area contributed by atoms with Gasteiger partial charge in [-0.05, 0) is 42.7 Å². The lowest BCUT2D eigenvalue weighted by atomic mass is 10.0. The van der Waals surface area contributed by atoms with Gasteiger partial charge in [0.1, 0.15) is 0 Å².